The summed E-state index contributed by atoms with van der Waals surface area (Å²) in [6.07, 6.45) is 1.33. The third-order valence-electron chi connectivity index (χ3n) is 3.59. The molecule has 1 aromatic rings. The first-order valence-corrected chi connectivity index (χ1v) is 5.78. The van der Waals surface area contributed by atoms with Crippen LogP contribution in [0.4, 0.5) is 5.69 Å². The Kier molecular flexibility index (Phi) is 2.15. The number of allylic oxidation sites excluding steroid dienone is 1. The molecule has 2 unspecified atom stereocenters. The van der Waals surface area contributed by atoms with E-state index >= 15 is 0 Å². The van der Waals surface area contributed by atoms with E-state index in [-0.39, 0.29) is 23.7 Å². The fraction of sp³-hybridized carbons (Fsp3) is 0.286. The molecular formula is C14H13NO2. The number of hydrogen-bond acceptors (Lipinski definition) is 2. The molecule has 86 valence electrons. The standard InChI is InChI=1S/C14H13NO2/c1-9-7-11-12(8-9)14(17)15(13(11)16)10-5-3-2-4-6-10/h2-6,11-12H,1,7-8H2. The van der Waals surface area contributed by atoms with Crippen molar-refractivity contribution in [3.05, 3.63) is 42.5 Å². The van der Waals surface area contributed by atoms with Crippen LogP contribution in [0.25, 0.3) is 0 Å². The van der Waals surface area contributed by atoms with Gasteiger partial charge in [0, 0.05) is 0 Å². The Morgan fingerprint density at radius 3 is 2.06 bits per heavy atom. The summed E-state index contributed by atoms with van der Waals surface area (Å²) < 4.78 is 0. The smallest absolute Gasteiger partial charge is 0.238 e. The molecule has 17 heavy (non-hydrogen) atoms. The first-order valence-electron chi connectivity index (χ1n) is 5.78. The van der Waals surface area contributed by atoms with E-state index in [1.807, 2.05) is 18.2 Å². The summed E-state index contributed by atoms with van der Waals surface area (Å²) in [5, 5.41) is 0. The molecule has 2 atom stereocenters. The van der Waals surface area contributed by atoms with E-state index in [4.69, 9.17) is 0 Å². The minimum absolute atomic E-state index is 0.0650. The fourth-order valence-corrected chi connectivity index (χ4v) is 2.78. The van der Waals surface area contributed by atoms with Crippen LogP contribution in [-0.2, 0) is 9.59 Å². The Hall–Kier alpha value is -1.90. The number of carbonyl (C=O) groups excluding carboxylic acids is 2. The number of rotatable bonds is 1. The maximum atomic E-state index is 12.2. The summed E-state index contributed by atoms with van der Waals surface area (Å²) in [5.74, 6) is -0.472. The van der Waals surface area contributed by atoms with Gasteiger partial charge in [0.15, 0.2) is 0 Å². The van der Waals surface area contributed by atoms with E-state index in [1.54, 1.807) is 12.1 Å². The van der Waals surface area contributed by atoms with Crippen LogP contribution < -0.4 is 4.90 Å². The molecule has 1 saturated carbocycles. The molecule has 2 amide bonds. The van der Waals surface area contributed by atoms with Crippen molar-refractivity contribution < 1.29 is 9.59 Å². The molecular weight excluding hydrogens is 214 g/mol. The molecule has 0 radical (unpaired) electrons. The van der Waals surface area contributed by atoms with Crippen molar-refractivity contribution in [1.29, 1.82) is 0 Å². The monoisotopic (exact) mass is 227 g/mol. The van der Waals surface area contributed by atoms with Gasteiger partial charge in [-0.3, -0.25) is 14.5 Å². The number of carbonyl (C=O) groups is 2. The number of hydrogen-bond donors (Lipinski definition) is 0. The highest BCUT2D eigenvalue weighted by Gasteiger charge is 2.51. The average Bonchev–Trinajstić information content (AvgIpc) is 2.81. The quantitative estimate of drug-likeness (QED) is 0.544. The van der Waals surface area contributed by atoms with E-state index in [1.165, 1.54) is 4.90 Å². The lowest BCUT2D eigenvalue weighted by Gasteiger charge is -2.15. The summed E-state index contributed by atoms with van der Waals surface area (Å²) in [6, 6.07) is 9.14. The SMILES string of the molecule is C=C1CC2C(=O)N(c3ccccc3)C(=O)C2C1. The molecule has 0 spiro atoms. The Morgan fingerprint density at radius 2 is 1.53 bits per heavy atom. The second kappa shape index (κ2) is 3.55. The van der Waals surface area contributed by atoms with E-state index in [0.717, 1.165) is 5.57 Å². The van der Waals surface area contributed by atoms with Crippen LogP contribution in [0.15, 0.2) is 42.5 Å². The predicted octanol–water partition coefficient (Wildman–Crippen LogP) is 2.14. The maximum absolute atomic E-state index is 12.2. The summed E-state index contributed by atoms with van der Waals surface area (Å²) in [5.41, 5.74) is 1.71. The summed E-state index contributed by atoms with van der Waals surface area (Å²) >= 11 is 0. The molecule has 1 aliphatic carbocycles. The highest BCUT2D eigenvalue weighted by molar-refractivity contribution is 6.22. The number of amides is 2. The van der Waals surface area contributed by atoms with Crippen molar-refractivity contribution >= 4 is 17.5 Å². The van der Waals surface area contributed by atoms with Gasteiger partial charge in [0.25, 0.3) is 0 Å². The Labute approximate surface area is 99.7 Å². The molecule has 3 nitrogen and oxygen atoms in total. The molecule has 1 aromatic carbocycles. The second-order valence-electron chi connectivity index (χ2n) is 4.72. The molecule has 0 aromatic heterocycles. The summed E-state index contributed by atoms with van der Waals surface area (Å²) in [7, 11) is 0. The number of nitrogens with zero attached hydrogens (tertiary/aromatic N) is 1. The van der Waals surface area contributed by atoms with Crippen LogP contribution in [0.2, 0.25) is 0 Å². The number of fused-ring (bicyclic) bond motifs is 1. The number of benzene rings is 1. The van der Waals surface area contributed by atoms with Gasteiger partial charge in [0.1, 0.15) is 0 Å². The van der Waals surface area contributed by atoms with Crippen molar-refractivity contribution in [3.63, 3.8) is 0 Å². The van der Waals surface area contributed by atoms with Gasteiger partial charge in [-0.25, -0.2) is 0 Å². The first-order chi connectivity index (χ1) is 8.18. The van der Waals surface area contributed by atoms with Crippen LogP contribution in [0.1, 0.15) is 12.8 Å². The van der Waals surface area contributed by atoms with Crippen molar-refractivity contribution in [2.75, 3.05) is 4.90 Å². The molecule has 3 rings (SSSR count). The van der Waals surface area contributed by atoms with E-state index < -0.39 is 0 Å². The van der Waals surface area contributed by atoms with Crippen LogP contribution in [-0.4, -0.2) is 11.8 Å². The average molecular weight is 227 g/mol. The largest absolute Gasteiger partial charge is 0.274 e. The van der Waals surface area contributed by atoms with Crippen molar-refractivity contribution in [2.24, 2.45) is 11.8 Å². The lowest BCUT2D eigenvalue weighted by atomic mass is 10.00. The molecule has 3 heteroatoms. The van der Waals surface area contributed by atoms with Crippen LogP contribution in [0, 0.1) is 11.8 Å². The third kappa shape index (κ3) is 1.42. The van der Waals surface area contributed by atoms with Gasteiger partial charge >= 0.3 is 0 Å². The lowest BCUT2D eigenvalue weighted by Crippen LogP contribution is -2.31. The second-order valence-corrected chi connectivity index (χ2v) is 4.72. The Morgan fingerprint density at radius 1 is 1.00 bits per heavy atom. The predicted molar refractivity (Wildman–Crippen MR) is 64.3 cm³/mol. The molecule has 1 saturated heterocycles. The van der Waals surface area contributed by atoms with Gasteiger partial charge in [-0.05, 0) is 25.0 Å². The van der Waals surface area contributed by atoms with Gasteiger partial charge in [-0.1, -0.05) is 30.4 Å². The zero-order chi connectivity index (χ0) is 12.0. The van der Waals surface area contributed by atoms with Crippen molar-refractivity contribution in [2.45, 2.75) is 12.8 Å². The number of imide groups is 1. The highest BCUT2D eigenvalue weighted by atomic mass is 16.2. The zero-order valence-electron chi connectivity index (χ0n) is 9.43. The van der Waals surface area contributed by atoms with Gasteiger partial charge in [0.2, 0.25) is 11.8 Å². The zero-order valence-corrected chi connectivity index (χ0v) is 9.43. The van der Waals surface area contributed by atoms with E-state index in [2.05, 4.69) is 6.58 Å². The maximum Gasteiger partial charge on any atom is 0.238 e. The lowest BCUT2D eigenvalue weighted by molar-refractivity contribution is -0.122. The first kappa shape index (κ1) is 10.3. The van der Waals surface area contributed by atoms with Crippen molar-refractivity contribution in [3.8, 4) is 0 Å². The minimum Gasteiger partial charge on any atom is -0.274 e. The number of anilines is 1. The van der Waals surface area contributed by atoms with E-state index in [0.29, 0.717) is 18.5 Å². The van der Waals surface area contributed by atoms with Gasteiger partial charge < -0.3 is 0 Å². The Bertz CT molecular complexity index is 480. The van der Waals surface area contributed by atoms with Gasteiger partial charge in [0.05, 0.1) is 17.5 Å². The molecule has 2 aliphatic rings. The van der Waals surface area contributed by atoms with Crippen molar-refractivity contribution in [1.82, 2.24) is 0 Å². The van der Waals surface area contributed by atoms with Crippen LogP contribution >= 0.6 is 0 Å². The van der Waals surface area contributed by atoms with E-state index in [9.17, 15) is 9.59 Å². The van der Waals surface area contributed by atoms with Gasteiger partial charge in [-0.2, -0.15) is 0 Å². The summed E-state index contributed by atoms with van der Waals surface area (Å²) in [4.78, 5) is 25.7. The summed E-state index contributed by atoms with van der Waals surface area (Å²) in [6.45, 7) is 3.88. The normalized spacial score (nSPS) is 27.8. The van der Waals surface area contributed by atoms with Gasteiger partial charge in [-0.15, -0.1) is 0 Å². The fourth-order valence-electron chi connectivity index (χ4n) is 2.78. The number of para-hydroxylation sites is 1. The van der Waals surface area contributed by atoms with Crippen LogP contribution in [0.5, 0.6) is 0 Å². The third-order valence-corrected chi connectivity index (χ3v) is 3.59. The highest BCUT2D eigenvalue weighted by Crippen LogP contribution is 2.43. The molecule has 0 bridgehead atoms. The molecule has 1 heterocycles. The molecule has 0 N–H and O–H groups in total. The topological polar surface area (TPSA) is 37.4 Å². The van der Waals surface area contributed by atoms with Crippen LogP contribution in [0.3, 0.4) is 0 Å². The minimum atomic E-state index is -0.171. The Balaban J connectivity index is 1.98. The molecule has 2 fully saturated rings. The molecule has 1 aliphatic heterocycles.